The molecule has 2 saturated heterocycles. The molecule has 0 unspecified atom stereocenters. The van der Waals surface area contributed by atoms with Crippen LogP contribution in [0.25, 0.3) is 0 Å². The molecule has 2 fully saturated rings. The minimum Gasteiger partial charge on any atom is -0.467 e. The van der Waals surface area contributed by atoms with Crippen molar-refractivity contribution in [1.29, 1.82) is 0 Å². The van der Waals surface area contributed by atoms with Crippen molar-refractivity contribution in [3.05, 3.63) is 18.0 Å². The van der Waals surface area contributed by atoms with E-state index in [1.54, 1.807) is 14.2 Å². The van der Waals surface area contributed by atoms with Gasteiger partial charge in [0.25, 0.3) is 0 Å². The largest absolute Gasteiger partial charge is 0.467 e. The van der Waals surface area contributed by atoms with Gasteiger partial charge in [-0.05, 0) is 12.8 Å². The van der Waals surface area contributed by atoms with E-state index in [1.807, 2.05) is 12.4 Å². The fourth-order valence-electron chi connectivity index (χ4n) is 3.24. The van der Waals surface area contributed by atoms with E-state index in [0.29, 0.717) is 6.01 Å². The molecule has 0 N–H and O–H groups in total. The smallest absolute Gasteiger partial charge is 0.316 e. The van der Waals surface area contributed by atoms with Gasteiger partial charge in [-0.2, -0.15) is 0 Å². The number of nitrogens with zero attached hydrogens (tertiary/aromatic N) is 3. The van der Waals surface area contributed by atoms with Crippen molar-refractivity contribution in [2.75, 3.05) is 33.9 Å². The number of hydrogen-bond acceptors (Lipinski definition) is 6. The van der Waals surface area contributed by atoms with E-state index in [-0.39, 0.29) is 11.7 Å². The molecule has 1 spiro atoms. The van der Waals surface area contributed by atoms with Crippen LogP contribution in [0.5, 0.6) is 6.01 Å². The van der Waals surface area contributed by atoms with Crippen molar-refractivity contribution < 1.29 is 14.2 Å². The maximum absolute atomic E-state index is 5.99. The van der Waals surface area contributed by atoms with Crippen LogP contribution in [0.4, 0.5) is 0 Å². The van der Waals surface area contributed by atoms with Gasteiger partial charge in [-0.3, -0.25) is 4.90 Å². The third-order valence-corrected chi connectivity index (χ3v) is 4.19. The second-order valence-electron chi connectivity index (χ2n) is 5.49. The van der Waals surface area contributed by atoms with Gasteiger partial charge in [-0.15, -0.1) is 0 Å². The molecule has 2 atom stereocenters. The summed E-state index contributed by atoms with van der Waals surface area (Å²) in [6.07, 6.45) is 5.99. The fourth-order valence-corrected chi connectivity index (χ4v) is 3.24. The van der Waals surface area contributed by atoms with Gasteiger partial charge in [0, 0.05) is 51.3 Å². The summed E-state index contributed by atoms with van der Waals surface area (Å²) in [7, 11) is 3.34. The van der Waals surface area contributed by atoms with Crippen molar-refractivity contribution in [2.24, 2.45) is 0 Å². The van der Waals surface area contributed by atoms with Crippen LogP contribution in [0.15, 0.2) is 12.4 Å². The van der Waals surface area contributed by atoms with Crippen molar-refractivity contribution >= 4 is 0 Å². The Morgan fingerprint density at radius 1 is 1.40 bits per heavy atom. The Morgan fingerprint density at radius 3 is 2.80 bits per heavy atom. The maximum atomic E-state index is 5.99. The van der Waals surface area contributed by atoms with Crippen LogP contribution in [0, 0.1) is 0 Å². The highest BCUT2D eigenvalue weighted by atomic mass is 16.6. The highest BCUT2D eigenvalue weighted by Crippen LogP contribution is 2.37. The summed E-state index contributed by atoms with van der Waals surface area (Å²) in [4.78, 5) is 10.6. The molecule has 2 aliphatic heterocycles. The standard InChI is InChI=1S/C14H21N3O3/c1-18-12-9-17(10-14(12)4-3-5-20-14)8-11-6-15-13(19-2)16-7-11/h6-7,12H,3-5,8-10H2,1-2H3/t12-,14-/m0/s1. The zero-order chi connectivity index (χ0) is 14.0. The average Bonchev–Trinajstić information content (AvgIpc) is 3.08. The normalized spacial score (nSPS) is 30.2. The van der Waals surface area contributed by atoms with Gasteiger partial charge in [0.1, 0.15) is 5.60 Å². The minimum absolute atomic E-state index is 0.109. The van der Waals surface area contributed by atoms with Crippen molar-refractivity contribution in [3.8, 4) is 6.01 Å². The van der Waals surface area contributed by atoms with Gasteiger partial charge in [0.2, 0.25) is 0 Å². The van der Waals surface area contributed by atoms with Gasteiger partial charge in [0.15, 0.2) is 0 Å². The zero-order valence-electron chi connectivity index (χ0n) is 12.0. The van der Waals surface area contributed by atoms with E-state index in [9.17, 15) is 0 Å². The van der Waals surface area contributed by atoms with Crippen LogP contribution in [0.2, 0.25) is 0 Å². The molecule has 0 saturated carbocycles. The molecule has 110 valence electrons. The molecular weight excluding hydrogens is 258 g/mol. The average molecular weight is 279 g/mol. The second-order valence-corrected chi connectivity index (χ2v) is 5.49. The van der Waals surface area contributed by atoms with Gasteiger partial charge < -0.3 is 14.2 Å². The number of aromatic nitrogens is 2. The lowest BCUT2D eigenvalue weighted by Gasteiger charge is -2.28. The first-order chi connectivity index (χ1) is 9.75. The van der Waals surface area contributed by atoms with Crippen LogP contribution in [0.1, 0.15) is 18.4 Å². The Morgan fingerprint density at radius 2 is 2.20 bits per heavy atom. The molecule has 6 nitrogen and oxygen atoms in total. The van der Waals surface area contributed by atoms with E-state index in [2.05, 4.69) is 14.9 Å². The summed E-state index contributed by atoms with van der Waals surface area (Å²) in [6, 6.07) is 0.403. The monoisotopic (exact) mass is 279 g/mol. The van der Waals surface area contributed by atoms with E-state index < -0.39 is 0 Å². The SMILES string of the molecule is COc1ncc(CN2C[C@H](OC)[C@]3(CCCO3)C2)cn1. The van der Waals surface area contributed by atoms with Gasteiger partial charge >= 0.3 is 6.01 Å². The van der Waals surface area contributed by atoms with E-state index in [1.165, 1.54) is 0 Å². The molecular formula is C14H21N3O3. The molecule has 20 heavy (non-hydrogen) atoms. The molecule has 0 aromatic carbocycles. The summed E-state index contributed by atoms with van der Waals surface area (Å²) in [5.74, 6) is 0. The maximum Gasteiger partial charge on any atom is 0.316 e. The molecule has 3 heterocycles. The first-order valence-corrected chi connectivity index (χ1v) is 7.00. The third kappa shape index (κ3) is 2.51. The van der Waals surface area contributed by atoms with Crippen molar-refractivity contribution in [3.63, 3.8) is 0 Å². The van der Waals surface area contributed by atoms with E-state index >= 15 is 0 Å². The van der Waals surface area contributed by atoms with E-state index in [4.69, 9.17) is 14.2 Å². The summed E-state index contributed by atoms with van der Waals surface area (Å²) in [5, 5.41) is 0. The Labute approximate surface area is 119 Å². The van der Waals surface area contributed by atoms with Gasteiger partial charge in [0.05, 0.1) is 13.2 Å². The minimum atomic E-state index is -0.109. The quantitative estimate of drug-likeness (QED) is 0.815. The lowest BCUT2D eigenvalue weighted by atomic mass is 9.96. The molecule has 0 radical (unpaired) electrons. The molecule has 0 amide bonds. The Hall–Kier alpha value is -1.24. The number of hydrogen-bond donors (Lipinski definition) is 0. The third-order valence-electron chi connectivity index (χ3n) is 4.19. The first kappa shape index (κ1) is 13.7. The Bertz CT molecular complexity index is 445. The lowest BCUT2D eigenvalue weighted by molar-refractivity contribution is -0.0756. The van der Waals surface area contributed by atoms with Crippen LogP contribution in [-0.4, -0.2) is 60.5 Å². The predicted molar refractivity (Wildman–Crippen MR) is 72.6 cm³/mol. The van der Waals surface area contributed by atoms with Crippen LogP contribution in [0.3, 0.4) is 0 Å². The van der Waals surface area contributed by atoms with Crippen LogP contribution >= 0.6 is 0 Å². The molecule has 1 aromatic rings. The summed E-state index contributed by atoms with van der Waals surface area (Å²) >= 11 is 0. The summed E-state index contributed by atoms with van der Waals surface area (Å²) in [5.41, 5.74) is 0.970. The van der Waals surface area contributed by atoms with Crippen molar-refractivity contribution in [1.82, 2.24) is 14.9 Å². The highest BCUT2D eigenvalue weighted by molar-refractivity contribution is 5.10. The number of likely N-dealkylation sites (tertiary alicyclic amines) is 1. The number of ether oxygens (including phenoxy) is 3. The van der Waals surface area contributed by atoms with Gasteiger partial charge in [-0.1, -0.05) is 0 Å². The van der Waals surface area contributed by atoms with Crippen LogP contribution < -0.4 is 4.74 Å². The molecule has 6 heteroatoms. The number of methoxy groups -OCH3 is 2. The Kier molecular flexibility index (Phi) is 3.87. The summed E-state index contributed by atoms with van der Waals surface area (Å²) < 4.78 is 16.6. The van der Waals surface area contributed by atoms with E-state index in [0.717, 1.165) is 44.6 Å². The van der Waals surface area contributed by atoms with Crippen LogP contribution in [-0.2, 0) is 16.0 Å². The Balaban J connectivity index is 1.66. The highest BCUT2D eigenvalue weighted by Gasteiger charge is 2.49. The second kappa shape index (κ2) is 5.63. The molecule has 0 bridgehead atoms. The lowest BCUT2D eigenvalue weighted by Crippen LogP contribution is -2.41. The molecule has 3 rings (SSSR count). The topological polar surface area (TPSA) is 56.7 Å². The molecule has 1 aromatic heterocycles. The van der Waals surface area contributed by atoms with Crippen molar-refractivity contribution in [2.45, 2.75) is 31.1 Å². The molecule has 0 aliphatic carbocycles. The predicted octanol–water partition coefficient (Wildman–Crippen LogP) is 0.865. The summed E-state index contributed by atoms with van der Waals surface area (Å²) in [6.45, 7) is 3.47. The van der Waals surface area contributed by atoms with Gasteiger partial charge in [-0.25, -0.2) is 9.97 Å². The number of rotatable bonds is 4. The fraction of sp³-hybridized carbons (Fsp3) is 0.714. The molecule has 2 aliphatic rings. The first-order valence-electron chi connectivity index (χ1n) is 7.00. The zero-order valence-corrected chi connectivity index (χ0v) is 12.0.